The van der Waals surface area contributed by atoms with E-state index in [0.717, 1.165) is 18.1 Å². The molecule has 2 atom stereocenters. The van der Waals surface area contributed by atoms with Gasteiger partial charge in [0.05, 0.1) is 18.3 Å². The van der Waals surface area contributed by atoms with E-state index in [4.69, 9.17) is 9.47 Å². The molecule has 4 aromatic rings. The van der Waals surface area contributed by atoms with Crippen molar-refractivity contribution in [2.24, 2.45) is 0 Å². The fraction of sp³-hybridized carbons (Fsp3) is 0.194. The lowest BCUT2D eigenvalue weighted by Crippen LogP contribution is -2.09. The molecule has 1 saturated heterocycles. The molecule has 5 rings (SSSR count). The van der Waals surface area contributed by atoms with Crippen LogP contribution in [0, 0.1) is 17.5 Å². The van der Waals surface area contributed by atoms with Crippen LogP contribution in [-0.4, -0.2) is 17.7 Å². The molecule has 0 aromatic heterocycles. The maximum absolute atomic E-state index is 15.1. The first-order valence-electron chi connectivity index (χ1n) is 12.4. The van der Waals surface area contributed by atoms with Gasteiger partial charge in [0.1, 0.15) is 17.7 Å². The molecule has 1 heterocycles. The third-order valence-corrected chi connectivity index (χ3v) is 6.54. The van der Waals surface area contributed by atoms with E-state index >= 15 is 8.78 Å². The normalized spacial score (nSPS) is 15.2. The Hall–Kier alpha value is -3.94. The monoisotopic (exact) mass is 518 g/mol. The minimum atomic E-state index is -1.00. The maximum atomic E-state index is 15.1. The van der Waals surface area contributed by atoms with Gasteiger partial charge in [-0.05, 0) is 47.4 Å². The Labute approximate surface area is 218 Å². The molecule has 7 heteroatoms. The Balaban J connectivity index is 1.30. The van der Waals surface area contributed by atoms with Crippen LogP contribution in [0.1, 0.15) is 53.5 Å². The van der Waals surface area contributed by atoms with Crippen LogP contribution in [0.25, 0.3) is 22.3 Å². The molecule has 1 aliphatic rings. The van der Waals surface area contributed by atoms with Crippen LogP contribution in [-0.2, 0) is 4.74 Å². The SMILES string of the molecule is CCCC(O)c1ccc(-c2ccc(-c3ccc(OC(=O)c4ccc(C5CO5)c(F)c4)cc3)c(F)c2F)cc1. The van der Waals surface area contributed by atoms with E-state index in [2.05, 4.69) is 0 Å². The lowest BCUT2D eigenvalue weighted by atomic mass is 9.97. The molecule has 0 saturated carbocycles. The minimum Gasteiger partial charge on any atom is -0.423 e. The van der Waals surface area contributed by atoms with Gasteiger partial charge < -0.3 is 14.6 Å². The molecule has 1 aliphatic heterocycles. The van der Waals surface area contributed by atoms with Crippen LogP contribution in [0.5, 0.6) is 5.75 Å². The molecule has 38 heavy (non-hydrogen) atoms. The van der Waals surface area contributed by atoms with Gasteiger partial charge in [-0.1, -0.05) is 67.9 Å². The molecule has 194 valence electrons. The average molecular weight is 519 g/mol. The fourth-order valence-electron chi connectivity index (χ4n) is 4.33. The van der Waals surface area contributed by atoms with Crippen molar-refractivity contribution < 1.29 is 32.5 Å². The number of halogens is 3. The summed E-state index contributed by atoms with van der Waals surface area (Å²) in [4.78, 5) is 12.4. The van der Waals surface area contributed by atoms with Gasteiger partial charge >= 0.3 is 5.97 Å². The predicted octanol–water partition coefficient (Wildman–Crippen LogP) is 7.56. The topological polar surface area (TPSA) is 59.1 Å². The van der Waals surface area contributed by atoms with Crippen molar-refractivity contribution in [3.8, 4) is 28.0 Å². The van der Waals surface area contributed by atoms with E-state index in [1.165, 1.54) is 48.5 Å². The van der Waals surface area contributed by atoms with Crippen LogP contribution in [0.3, 0.4) is 0 Å². The van der Waals surface area contributed by atoms with E-state index in [1.807, 2.05) is 6.92 Å². The highest BCUT2D eigenvalue weighted by Gasteiger charge is 2.28. The van der Waals surface area contributed by atoms with E-state index < -0.39 is 29.5 Å². The van der Waals surface area contributed by atoms with E-state index in [-0.39, 0.29) is 28.5 Å². The van der Waals surface area contributed by atoms with Gasteiger partial charge in [0, 0.05) is 16.7 Å². The van der Waals surface area contributed by atoms with E-state index in [9.17, 15) is 14.3 Å². The van der Waals surface area contributed by atoms with Crippen LogP contribution in [0.4, 0.5) is 13.2 Å². The summed E-state index contributed by atoms with van der Waals surface area (Å²) < 4.78 is 54.7. The summed E-state index contributed by atoms with van der Waals surface area (Å²) in [5, 5.41) is 10.1. The van der Waals surface area contributed by atoms with E-state index in [0.29, 0.717) is 29.7 Å². The number of carbonyl (C=O) groups excluding carboxylic acids is 1. The van der Waals surface area contributed by atoms with E-state index in [1.54, 1.807) is 24.3 Å². The highest BCUT2D eigenvalue weighted by atomic mass is 19.2. The summed E-state index contributed by atoms with van der Waals surface area (Å²) in [7, 11) is 0. The first kappa shape index (κ1) is 25.7. The molecular formula is C31H25F3O4. The summed E-state index contributed by atoms with van der Waals surface area (Å²) in [6, 6.07) is 19.8. The van der Waals surface area contributed by atoms with Crippen molar-refractivity contribution in [3.05, 3.63) is 113 Å². The lowest BCUT2D eigenvalue weighted by molar-refractivity contribution is 0.0734. The molecule has 1 N–H and O–H groups in total. The zero-order chi connectivity index (χ0) is 26.8. The van der Waals surface area contributed by atoms with Crippen molar-refractivity contribution in [2.75, 3.05) is 6.61 Å². The van der Waals surface area contributed by atoms with Gasteiger partial charge in [-0.15, -0.1) is 0 Å². The Bertz CT molecular complexity index is 1460. The Kier molecular flexibility index (Phi) is 7.31. The number of rotatable bonds is 8. The number of benzene rings is 4. The molecule has 4 aromatic carbocycles. The Morgan fingerprint density at radius 1 is 0.921 bits per heavy atom. The molecular weight excluding hydrogens is 493 g/mol. The number of hydrogen-bond acceptors (Lipinski definition) is 4. The average Bonchev–Trinajstić information content (AvgIpc) is 3.76. The summed E-state index contributed by atoms with van der Waals surface area (Å²) >= 11 is 0. The van der Waals surface area contributed by atoms with Gasteiger partial charge in [0.25, 0.3) is 0 Å². The van der Waals surface area contributed by atoms with Gasteiger partial charge in [0.2, 0.25) is 0 Å². The van der Waals surface area contributed by atoms with Crippen LogP contribution >= 0.6 is 0 Å². The number of aliphatic hydroxyl groups excluding tert-OH is 1. The quantitative estimate of drug-likeness (QED) is 0.149. The summed E-state index contributed by atoms with van der Waals surface area (Å²) in [5.41, 5.74) is 2.23. The summed E-state index contributed by atoms with van der Waals surface area (Å²) in [5.74, 6) is -3.09. The highest BCUT2D eigenvalue weighted by molar-refractivity contribution is 5.91. The number of epoxide rings is 1. The number of carbonyl (C=O) groups is 1. The molecule has 0 aliphatic carbocycles. The number of aliphatic hydroxyl groups is 1. The van der Waals surface area contributed by atoms with Crippen molar-refractivity contribution >= 4 is 5.97 Å². The second-order valence-electron chi connectivity index (χ2n) is 9.19. The maximum Gasteiger partial charge on any atom is 0.343 e. The largest absolute Gasteiger partial charge is 0.423 e. The van der Waals surface area contributed by atoms with Crippen molar-refractivity contribution in [1.82, 2.24) is 0 Å². The van der Waals surface area contributed by atoms with Crippen LogP contribution < -0.4 is 4.74 Å². The second kappa shape index (κ2) is 10.8. The number of hydrogen-bond donors (Lipinski definition) is 1. The smallest absolute Gasteiger partial charge is 0.343 e. The number of esters is 1. The van der Waals surface area contributed by atoms with Gasteiger partial charge in [-0.25, -0.2) is 18.0 Å². The molecule has 0 radical (unpaired) electrons. The van der Waals surface area contributed by atoms with Crippen LogP contribution in [0.15, 0.2) is 78.9 Å². The van der Waals surface area contributed by atoms with Crippen molar-refractivity contribution in [1.29, 1.82) is 0 Å². The molecule has 0 bridgehead atoms. The molecule has 0 spiro atoms. The third kappa shape index (κ3) is 5.35. The zero-order valence-corrected chi connectivity index (χ0v) is 20.6. The summed E-state index contributed by atoms with van der Waals surface area (Å²) in [6.07, 6.45) is 0.593. The van der Waals surface area contributed by atoms with Gasteiger partial charge in [-0.3, -0.25) is 0 Å². The Morgan fingerprint density at radius 3 is 2.03 bits per heavy atom. The molecule has 1 fully saturated rings. The first-order chi connectivity index (χ1) is 18.4. The standard InChI is InChI=1S/C31H25F3O4/c1-2-3-27(35)20-6-4-18(5-7-20)23-14-15-24(30(34)29(23)33)19-8-11-22(12-9-19)38-31(36)21-10-13-25(26(32)16-21)28-17-37-28/h4-16,27-28,35H,2-3,17H2,1H3. The number of ether oxygens (including phenoxy) is 2. The second-order valence-corrected chi connectivity index (χ2v) is 9.19. The van der Waals surface area contributed by atoms with Gasteiger partial charge in [0.15, 0.2) is 11.6 Å². The predicted molar refractivity (Wildman–Crippen MR) is 137 cm³/mol. The van der Waals surface area contributed by atoms with Crippen molar-refractivity contribution in [3.63, 3.8) is 0 Å². The molecule has 2 unspecified atom stereocenters. The fourth-order valence-corrected chi connectivity index (χ4v) is 4.33. The van der Waals surface area contributed by atoms with Crippen LogP contribution in [0.2, 0.25) is 0 Å². The lowest BCUT2D eigenvalue weighted by Gasteiger charge is -2.12. The Morgan fingerprint density at radius 2 is 1.50 bits per heavy atom. The van der Waals surface area contributed by atoms with Crippen molar-refractivity contribution in [2.45, 2.75) is 32.0 Å². The first-order valence-corrected chi connectivity index (χ1v) is 12.4. The van der Waals surface area contributed by atoms with Gasteiger partial charge in [-0.2, -0.15) is 0 Å². The molecule has 0 amide bonds. The molecule has 4 nitrogen and oxygen atoms in total. The third-order valence-electron chi connectivity index (χ3n) is 6.54. The zero-order valence-electron chi connectivity index (χ0n) is 20.6. The highest BCUT2D eigenvalue weighted by Crippen LogP contribution is 2.34. The summed E-state index contributed by atoms with van der Waals surface area (Å²) in [6.45, 7) is 2.43. The minimum absolute atomic E-state index is 0.0487.